The van der Waals surface area contributed by atoms with Gasteiger partial charge in [-0.25, -0.2) is 0 Å². The molecule has 1 aromatic rings. The molecule has 0 aliphatic carbocycles. The van der Waals surface area contributed by atoms with Gasteiger partial charge in [0.25, 0.3) is 0 Å². The highest BCUT2D eigenvalue weighted by molar-refractivity contribution is 9.11. The Morgan fingerprint density at radius 2 is 1.78 bits per heavy atom. The zero-order valence-electron chi connectivity index (χ0n) is 11.1. The highest BCUT2D eigenvalue weighted by Crippen LogP contribution is 2.29. The Hall–Kier alpha value is -0.350. The molecule has 0 aromatic heterocycles. The van der Waals surface area contributed by atoms with Crippen LogP contribution in [0.15, 0.2) is 27.1 Å². The van der Waals surface area contributed by atoms with Crippen LogP contribution in [-0.4, -0.2) is 5.97 Å². The minimum absolute atomic E-state index is 0.159. The SMILES string of the molecule is CCC(C)(C)C(=O)OC(C)c1cc(Br)cc(Br)c1. The molecule has 0 N–H and O–H groups in total. The number of benzene rings is 1. The quantitative estimate of drug-likeness (QED) is 0.669. The molecule has 0 amide bonds. The molecule has 18 heavy (non-hydrogen) atoms. The topological polar surface area (TPSA) is 26.3 Å². The number of carbonyl (C=O) groups excluding carboxylic acids is 1. The maximum absolute atomic E-state index is 12.0. The summed E-state index contributed by atoms with van der Waals surface area (Å²) in [6.45, 7) is 7.68. The summed E-state index contributed by atoms with van der Waals surface area (Å²) in [6, 6.07) is 5.87. The van der Waals surface area contributed by atoms with Crippen molar-refractivity contribution in [2.24, 2.45) is 5.41 Å². The number of halogens is 2. The van der Waals surface area contributed by atoms with E-state index in [4.69, 9.17) is 4.74 Å². The summed E-state index contributed by atoms with van der Waals surface area (Å²) in [6.07, 6.45) is 0.512. The van der Waals surface area contributed by atoms with Gasteiger partial charge in [0.15, 0.2) is 0 Å². The van der Waals surface area contributed by atoms with Gasteiger partial charge in [0.1, 0.15) is 6.10 Å². The molecular weight excluding hydrogens is 360 g/mol. The van der Waals surface area contributed by atoms with Gasteiger partial charge in [0.05, 0.1) is 5.41 Å². The second kappa shape index (κ2) is 6.20. The molecule has 0 fully saturated rings. The van der Waals surface area contributed by atoms with Gasteiger partial charge in [-0.3, -0.25) is 4.79 Å². The molecule has 2 nitrogen and oxygen atoms in total. The Bertz CT molecular complexity index is 421. The molecule has 1 atom stereocenters. The van der Waals surface area contributed by atoms with E-state index in [9.17, 15) is 4.79 Å². The minimum Gasteiger partial charge on any atom is -0.457 e. The zero-order valence-corrected chi connectivity index (χ0v) is 14.3. The first-order valence-corrected chi connectivity index (χ1v) is 7.52. The molecule has 0 aliphatic heterocycles. The lowest BCUT2D eigenvalue weighted by molar-refractivity contribution is -0.159. The maximum Gasteiger partial charge on any atom is 0.312 e. The van der Waals surface area contributed by atoms with Crippen molar-refractivity contribution in [2.75, 3.05) is 0 Å². The van der Waals surface area contributed by atoms with Crippen LogP contribution in [0.2, 0.25) is 0 Å². The highest BCUT2D eigenvalue weighted by Gasteiger charge is 2.28. The van der Waals surface area contributed by atoms with Gasteiger partial charge in [0, 0.05) is 8.95 Å². The van der Waals surface area contributed by atoms with Crippen molar-refractivity contribution in [1.29, 1.82) is 0 Å². The van der Waals surface area contributed by atoms with Gasteiger partial charge in [-0.05, 0) is 51.0 Å². The average molecular weight is 378 g/mol. The second-order valence-electron chi connectivity index (χ2n) is 4.99. The van der Waals surface area contributed by atoms with Gasteiger partial charge in [0.2, 0.25) is 0 Å². The van der Waals surface area contributed by atoms with Crippen molar-refractivity contribution >= 4 is 37.8 Å². The summed E-state index contributed by atoms with van der Waals surface area (Å²) in [5.74, 6) is -0.159. The largest absolute Gasteiger partial charge is 0.457 e. The molecule has 1 rings (SSSR count). The van der Waals surface area contributed by atoms with E-state index in [1.807, 2.05) is 45.9 Å². The van der Waals surface area contributed by atoms with E-state index in [0.29, 0.717) is 0 Å². The van der Waals surface area contributed by atoms with Crippen molar-refractivity contribution < 1.29 is 9.53 Å². The smallest absolute Gasteiger partial charge is 0.312 e. The first-order chi connectivity index (χ1) is 8.26. The van der Waals surface area contributed by atoms with Crippen molar-refractivity contribution in [3.8, 4) is 0 Å². The monoisotopic (exact) mass is 376 g/mol. The van der Waals surface area contributed by atoms with Gasteiger partial charge >= 0.3 is 5.97 Å². The number of ether oxygens (including phenoxy) is 1. The van der Waals surface area contributed by atoms with E-state index in [2.05, 4.69) is 31.9 Å². The Balaban J connectivity index is 2.82. The molecule has 0 heterocycles. The summed E-state index contributed by atoms with van der Waals surface area (Å²) in [7, 11) is 0. The Kier molecular flexibility index (Phi) is 5.41. The van der Waals surface area contributed by atoms with Crippen LogP contribution < -0.4 is 0 Å². The Labute approximate surface area is 125 Å². The molecule has 1 unspecified atom stereocenters. The molecule has 0 saturated carbocycles. The highest BCUT2D eigenvalue weighted by atomic mass is 79.9. The maximum atomic E-state index is 12.0. The molecule has 4 heteroatoms. The third kappa shape index (κ3) is 4.09. The number of hydrogen-bond acceptors (Lipinski definition) is 2. The molecule has 0 radical (unpaired) electrons. The fourth-order valence-corrected chi connectivity index (χ4v) is 2.67. The Morgan fingerprint density at radius 3 is 2.22 bits per heavy atom. The summed E-state index contributed by atoms with van der Waals surface area (Å²) in [5.41, 5.74) is 0.536. The van der Waals surface area contributed by atoms with Gasteiger partial charge in [-0.1, -0.05) is 38.8 Å². The Morgan fingerprint density at radius 1 is 1.28 bits per heavy atom. The number of esters is 1. The lowest BCUT2D eigenvalue weighted by atomic mass is 9.90. The van der Waals surface area contributed by atoms with Crippen LogP contribution in [0.3, 0.4) is 0 Å². The zero-order chi connectivity index (χ0) is 13.9. The van der Waals surface area contributed by atoms with Crippen molar-refractivity contribution in [1.82, 2.24) is 0 Å². The van der Waals surface area contributed by atoms with E-state index in [0.717, 1.165) is 20.9 Å². The predicted octanol–water partition coefficient (Wildman–Crippen LogP) is 5.25. The molecular formula is C14H18Br2O2. The normalized spacial score (nSPS) is 13.2. The fourth-order valence-electron chi connectivity index (χ4n) is 1.34. The van der Waals surface area contributed by atoms with Crippen LogP contribution >= 0.6 is 31.9 Å². The standard InChI is InChI=1S/C14H18Br2O2/c1-5-14(3,4)13(17)18-9(2)10-6-11(15)8-12(16)7-10/h6-9H,5H2,1-4H3. The fraction of sp³-hybridized carbons (Fsp3) is 0.500. The second-order valence-corrected chi connectivity index (χ2v) is 6.82. The molecule has 1 aromatic carbocycles. The van der Waals surface area contributed by atoms with E-state index < -0.39 is 5.41 Å². The molecule has 0 aliphatic rings. The number of hydrogen-bond donors (Lipinski definition) is 0. The van der Waals surface area contributed by atoms with Gasteiger partial charge in [-0.15, -0.1) is 0 Å². The van der Waals surface area contributed by atoms with E-state index in [1.165, 1.54) is 0 Å². The van der Waals surface area contributed by atoms with Crippen molar-refractivity contribution in [3.05, 3.63) is 32.7 Å². The van der Waals surface area contributed by atoms with Crippen LogP contribution in [0, 0.1) is 5.41 Å². The third-order valence-electron chi connectivity index (χ3n) is 3.07. The molecule has 100 valence electrons. The molecule has 0 spiro atoms. The molecule has 0 saturated heterocycles. The first-order valence-electron chi connectivity index (χ1n) is 5.93. The number of rotatable bonds is 4. The van der Waals surface area contributed by atoms with Crippen LogP contribution in [0.25, 0.3) is 0 Å². The van der Waals surface area contributed by atoms with Crippen LogP contribution in [-0.2, 0) is 9.53 Å². The lowest BCUT2D eigenvalue weighted by Gasteiger charge is -2.23. The van der Waals surface area contributed by atoms with Crippen LogP contribution in [0.4, 0.5) is 0 Å². The number of carbonyl (C=O) groups is 1. The van der Waals surface area contributed by atoms with E-state index in [-0.39, 0.29) is 12.1 Å². The summed E-state index contributed by atoms with van der Waals surface area (Å²) < 4.78 is 7.45. The van der Waals surface area contributed by atoms with Crippen LogP contribution in [0.5, 0.6) is 0 Å². The van der Waals surface area contributed by atoms with E-state index >= 15 is 0 Å². The summed E-state index contributed by atoms with van der Waals surface area (Å²) in [4.78, 5) is 12.0. The predicted molar refractivity (Wildman–Crippen MR) is 80.4 cm³/mol. The van der Waals surface area contributed by atoms with Gasteiger partial charge in [-0.2, -0.15) is 0 Å². The summed E-state index contributed by atoms with van der Waals surface area (Å²) in [5, 5.41) is 0. The van der Waals surface area contributed by atoms with Gasteiger partial charge < -0.3 is 4.74 Å². The van der Waals surface area contributed by atoms with Crippen LogP contribution in [0.1, 0.15) is 45.8 Å². The lowest BCUT2D eigenvalue weighted by Crippen LogP contribution is -2.26. The first kappa shape index (κ1) is 15.7. The van der Waals surface area contributed by atoms with Crippen molar-refractivity contribution in [3.63, 3.8) is 0 Å². The van der Waals surface area contributed by atoms with Crippen molar-refractivity contribution in [2.45, 2.75) is 40.2 Å². The molecule has 0 bridgehead atoms. The average Bonchev–Trinajstić information content (AvgIpc) is 2.27. The minimum atomic E-state index is -0.433. The van der Waals surface area contributed by atoms with E-state index in [1.54, 1.807) is 0 Å². The third-order valence-corrected chi connectivity index (χ3v) is 3.99. The summed E-state index contributed by atoms with van der Waals surface area (Å²) >= 11 is 6.86.